The summed E-state index contributed by atoms with van der Waals surface area (Å²) < 4.78 is 2.97. The van der Waals surface area contributed by atoms with Gasteiger partial charge >= 0.3 is 5.69 Å². The fourth-order valence-electron chi connectivity index (χ4n) is 1.79. The molecule has 26 heavy (non-hydrogen) atoms. The lowest BCUT2D eigenvalue weighted by Crippen LogP contribution is -2.26. The summed E-state index contributed by atoms with van der Waals surface area (Å²) in [5, 5.41) is 43.7. The van der Waals surface area contributed by atoms with E-state index in [9.17, 15) is 20.3 Å². The normalized spacial score (nSPS) is 11.1. The Labute approximate surface area is 151 Å². The maximum Gasteiger partial charge on any atom is 0.306 e. The first-order valence-corrected chi connectivity index (χ1v) is 7.70. The van der Waals surface area contributed by atoms with Crippen molar-refractivity contribution in [3.8, 4) is 0 Å². The number of rotatable bonds is 5. The van der Waals surface area contributed by atoms with Gasteiger partial charge in [0.05, 0.1) is 41.1 Å². The summed E-state index contributed by atoms with van der Waals surface area (Å²) in [6.07, 6.45) is 5.70. The lowest BCUT2D eigenvalue weighted by molar-refractivity contribution is -0.385. The second-order valence-electron chi connectivity index (χ2n) is 6.75. The van der Waals surface area contributed by atoms with Crippen molar-refractivity contribution in [2.75, 3.05) is 12.8 Å². The quantitative estimate of drug-likeness (QED) is 0.432. The third-order valence-electron chi connectivity index (χ3n) is 2.58. The van der Waals surface area contributed by atoms with Gasteiger partial charge in [-0.15, -0.1) is 0 Å². The minimum Gasteiger partial charge on any atom is -0.400 e. The van der Waals surface area contributed by atoms with Gasteiger partial charge in [0.15, 0.2) is 0 Å². The first kappa shape index (κ1) is 23.5. The van der Waals surface area contributed by atoms with Crippen LogP contribution in [0.3, 0.4) is 0 Å². The summed E-state index contributed by atoms with van der Waals surface area (Å²) in [5.74, 6) is 0. The van der Waals surface area contributed by atoms with Gasteiger partial charge in [0.1, 0.15) is 12.4 Å². The first-order valence-electron chi connectivity index (χ1n) is 7.70. The number of hydrogen-bond donors (Lipinski definition) is 4. The van der Waals surface area contributed by atoms with E-state index < -0.39 is 16.1 Å². The van der Waals surface area contributed by atoms with Crippen molar-refractivity contribution in [2.45, 2.75) is 52.0 Å². The number of aliphatic hydroxyl groups excluding tert-OH is 1. The molecule has 0 fully saturated rings. The summed E-state index contributed by atoms with van der Waals surface area (Å²) in [5.41, 5.74) is 4.33. The van der Waals surface area contributed by atoms with Crippen LogP contribution in [0.15, 0.2) is 24.8 Å². The SMILES string of the molecule is CC(C)(O)Cn1cc(N)cn1.CC(C)(O)Cn1cc([N+](=O)[O-])cn1.CO. The van der Waals surface area contributed by atoms with Gasteiger partial charge in [-0.05, 0) is 27.7 Å². The van der Waals surface area contributed by atoms with E-state index in [4.69, 9.17) is 10.8 Å². The van der Waals surface area contributed by atoms with Gasteiger partial charge in [0, 0.05) is 13.3 Å². The highest BCUT2D eigenvalue weighted by molar-refractivity contribution is 5.30. The molecule has 0 amide bonds. The Morgan fingerprint density at radius 2 is 1.46 bits per heavy atom. The molecule has 0 aliphatic rings. The molecule has 0 bridgehead atoms. The van der Waals surface area contributed by atoms with Crippen LogP contribution in [0, 0.1) is 10.1 Å². The van der Waals surface area contributed by atoms with Crippen LogP contribution in [-0.4, -0.2) is 58.1 Å². The minimum absolute atomic E-state index is 0.0655. The van der Waals surface area contributed by atoms with Crippen LogP contribution >= 0.6 is 0 Å². The van der Waals surface area contributed by atoms with E-state index in [1.165, 1.54) is 10.9 Å². The molecule has 0 aliphatic carbocycles. The fraction of sp³-hybridized carbons (Fsp3) is 0.600. The number of nitrogen functional groups attached to an aromatic ring is 1. The summed E-state index contributed by atoms with van der Waals surface area (Å²) in [4.78, 5) is 9.75. The van der Waals surface area contributed by atoms with Crippen LogP contribution in [0.1, 0.15) is 27.7 Å². The van der Waals surface area contributed by atoms with E-state index in [2.05, 4.69) is 10.2 Å². The molecular formula is C15H28N6O5. The number of hydrogen-bond acceptors (Lipinski definition) is 8. The average Bonchev–Trinajstić information content (AvgIpc) is 3.08. The van der Waals surface area contributed by atoms with Gasteiger partial charge in [-0.2, -0.15) is 10.2 Å². The summed E-state index contributed by atoms with van der Waals surface area (Å²) >= 11 is 0. The molecule has 11 nitrogen and oxygen atoms in total. The topological polar surface area (TPSA) is 165 Å². The summed E-state index contributed by atoms with van der Waals surface area (Å²) in [6.45, 7) is 7.38. The monoisotopic (exact) mass is 372 g/mol. The van der Waals surface area contributed by atoms with Crippen LogP contribution < -0.4 is 5.73 Å². The standard InChI is InChI=1S/C7H11N3O3.C7H13N3O.CH4O/c1-7(2,11)5-9-4-6(3-8-9)10(12)13;1-7(2,11)5-10-4-6(8)3-9-10;1-2/h3-4,11H,5H2,1-2H3;3-4,11H,5,8H2,1-2H3;2H,1H3. The molecule has 11 heteroatoms. The highest BCUT2D eigenvalue weighted by atomic mass is 16.6. The second kappa shape index (κ2) is 9.85. The molecule has 0 saturated carbocycles. The largest absolute Gasteiger partial charge is 0.400 e. The van der Waals surface area contributed by atoms with Gasteiger partial charge in [-0.25, -0.2) is 0 Å². The van der Waals surface area contributed by atoms with Gasteiger partial charge in [0.25, 0.3) is 0 Å². The van der Waals surface area contributed by atoms with E-state index in [1.807, 2.05) is 0 Å². The molecule has 0 aliphatic heterocycles. The van der Waals surface area contributed by atoms with Crippen LogP contribution in [0.4, 0.5) is 11.4 Å². The lowest BCUT2D eigenvalue weighted by Gasteiger charge is -2.16. The van der Waals surface area contributed by atoms with Crippen molar-refractivity contribution >= 4 is 11.4 Å². The first-order chi connectivity index (χ1) is 11.9. The number of aromatic nitrogens is 4. The van der Waals surface area contributed by atoms with Gasteiger partial charge in [0.2, 0.25) is 0 Å². The van der Waals surface area contributed by atoms with Crippen LogP contribution in [0.5, 0.6) is 0 Å². The summed E-state index contributed by atoms with van der Waals surface area (Å²) in [6, 6.07) is 0. The zero-order valence-electron chi connectivity index (χ0n) is 15.7. The fourth-order valence-corrected chi connectivity index (χ4v) is 1.79. The minimum atomic E-state index is -0.917. The number of aliphatic hydroxyl groups is 3. The van der Waals surface area contributed by atoms with E-state index in [0.29, 0.717) is 12.2 Å². The Hall–Kier alpha value is -2.50. The van der Waals surface area contributed by atoms with Crippen LogP contribution in [0.25, 0.3) is 0 Å². The van der Waals surface area contributed by atoms with Gasteiger partial charge in [-0.3, -0.25) is 19.5 Å². The molecule has 2 aromatic rings. The number of anilines is 1. The molecule has 2 heterocycles. The maximum atomic E-state index is 10.3. The third-order valence-corrected chi connectivity index (χ3v) is 2.58. The van der Waals surface area contributed by atoms with Crippen molar-refractivity contribution in [3.05, 3.63) is 34.9 Å². The predicted molar refractivity (Wildman–Crippen MR) is 96.3 cm³/mol. The van der Waals surface area contributed by atoms with Gasteiger partial charge < -0.3 is 21.1 Å². The Balaban J connectivity index is 0.000000444. The summed E-state index contributed by atoms with van der Waals surface area (Å²) in [7, 11) is 1.00. The second-order valence-corrected chi connectivity index (χ2v) is 6.75. The lowest BCUT2D eigenvalue weighted by atomic mass is 10.1. The van der Waals surface area contributed by atoms with Gasteiger partial charge in [-0.1, -0.05) is 0 Å². The molecule has 148 valence electrons. The van der Waals surface area contributed by atoms with E-state index in [1.54, 1.807) is 44.8 Å². The molecule has 0 radical (unpaired) electrons. The molecule has 0 aromatic carbocycles. The van der Waals surface area contributed by atoms with E-state index >= 15 is 0 Å². The highest BCUT2D eigenvalue weighted by Gasteiger charge is 2.16. The third kappa shape index (κ3) is 10.4. The van der Waals surface area contributed by atoms with Crippen molar-refractivity contribution < 1.29 is 20.2 Å². The zero-order chi connectivity index (χ0) is 20.5. The predicted octanol–water partition coefficient (Wildman–Crippen LogP) is 0.407. The van der Waals surface area contributed by atoms with Crippen LogP contribution in [-0.2, 0) is 13.1 Å². The molecule has 5 N–H and O–H groups in total. The molecule has 0 unspecified atom stereocenters. The maximum absolute atomic E-state index is 10.3. The molecule has 2 aromatic heterocycles. The zero-order valence-corrected chi connectivity index (χ0v) is 15.7. The molecule has 0 atom stereocenters. The molecule has 0 saturated heterocycles. The molecule has 2 rings (SSSR count). The van der Waals surface area contributed by atoms with Crippen molar-refractivity contribution in [1.29, 1.82) is 0 Å². The Kier molecular flexibility index (Phi) is 8.90. The average molecular weight is 372 g/mol. The number of nitro groups is 1. The smallest absolute Gasteiger partial charge is 0.306 e. The Morgan fingerprint density at radius 1 is 1.04 bits per heavy atom. The Morgan fingerprint density at radius 3 is 1.77 bits per heavy atom. The highest BCUT2D eigenvalue weighted by Crippen LogP contribution is 2.11. The number of nitrogens with two attached hydrogens (primary N) is 1. The molecular weight excluding hydrogens is 344 g/mol. The van der Waals surface area contributed by atoms with Crippen LogP contribution in [0.2, 0.25) is 0 Å². The van der Waals surface area contributed by atoms with E-state index in [0.717, 1.165) is 13.3 Å². The number of nitrogens with zero attached hydrogens (tertiary/aromatic N) is 5. The van der Waals surface area contributed by atoms with Crippen molar-refractivity contribution in [2.24, 2.45) is 0 Å². The van der Waals surface area contributed by atoms with Crippen molar-refractivity contribution in [1.82, 2.24) is 19.6 Å². The van der Waals surface area contributed by atoms with Crippen molar-refractivity contribution in [3.63, 3.8) is 0 Å². The Bertz CT molecular complexity index is 669. The van der Waals surface area contributed by atoms with E-state index in [-0.39, 0.29) is 12.2 Å². The molecule has 0 spiro atoms.